The van der Waals surface area contributed by atoms with Crippen molar-refractivity contribution in [2.45, 2.75) is 0 Å². The number of ether oxygens (including phenoxy) is 1. The molecule has 0 aliphatic carbocycles. The number of nitrogens with zero attached hydrogens (tertiary/aromatic N) is 3. The third-order valence-electron chi connectivity index (χ3n) is 2.80. The molecule has 2 heterocycles. The predicted molar refractivity (Wildman–Crippen MR) is 69.9 cm³/mol. The molecule has 0 amide bonds. The summed E-state index contributed by atoms with van der Waals surface area (Å²) in [7, 11) is 1.53. The normalized spacial score (nSPS) is 10.9. The lowest BCUT2D eigenvalue weighted by molar-refractivity contribution is 0.400. The second kappa shape index (κ2) is 4.51. The summed E-state index contributed by atoms with van der Waals surface area (Å²) in [5.41, 5.74) is 2.03. The Morgan fingerprint density at radius 2 is 2.16 bits per heavy atom. The van der Waals surface area contributed by atoms with E-state index in [2.05, 4.69) is 9.97 Å². The molecule has 0 unspecified atom stereocenters. The van der Waals surface area contributed by atoms with Gasteiger partial charge >= 0.3 is 0 Å². The Hall–Kier alpha value is -2.14. The van der Waals surface area contributed by atoms with Crippen molar-refractivity contribution in [3.8, 4) is 17.1 Å². The molecule has 6 heteroatoms. The Morgan fingerprint density at radius 3 is 2.89 bits per heavy atom. The minimum absolute atomic E-state index is 0.331. The topological polar surface area (TPSA) is 39.4 Å². The monoisotopic (exact) mass is 277 g/mol. The van der Waals surface area contributed by atoms with E-state index < -0.39 is 0 Å². The van der Waals surface area contributed by atoms with E-state index in [0.717, 1.165) is 5.69 Å². The van der Waals surface area contributed by atoms with Gasteiger partial charge in [-0.15, -0.1) is 0 Å². The first-order valence-corrected chi connectivity index (χ1v) is 5.90. The van der Waals surface area contributed by atoms with Crippen LogP contribution in [0.5, 0.6) is 5.88 Å². The van der Waals surface area contributed by atoms with E-state index in [0.29, 0.717) is 22.1 Å². The number of rotatable bonds is 2. The Kier molecular flexibility index (Phi) is 2.83. The van der Waals surface area contributed by atoms with Gasteiger partial charge in [0.15, 0.2) is 0 Å². The zero-order chi connectivity index (χ0) is 13.4. The van der Waals surface area contributed by atoms with E-state index in [1.54, 1.807) is 29.1 Å². The second-order valence-electron chi connectivity index (χ2n) is 3.90. The molecule has 4 nitrogen and oxygen atoms in total. The Balaban J connectivity index is 2.26. The lowest BCUT2D eigenvalue weighted by Crippen LogP contribution is -1.95. The van der Waals surface area contributed by atoms with Gasteiger partial charge in [0.1, 0.15) is 5.82 Å². The van der Waals surface area contributed by atoms with Crippen LogP contribution in [-0.4, -0.2) is 21.5 Å². The fourth-order valence-electron chi connectivity index (χ4n) is 1.94. The lowest BCUT2D eigenvalue weighted by atomic mass is 10.1. The summed E-state index contributed by atoms with van der Waals surface area (Å²) < 4.78 is 20.0. The molecule has 0 spiro atoms. The maximum Gasteiger partial charge on any atom is 0.258 e. The highest BCUT2D eigenvalue weighted by atomic mass is 35.5. The summed E-state index contributed by atoms with van der Waals surface area (Å²) in [5.74, 6) is 0.0498. The van der Waals surface area contributed by atoms with Crippen molar-refractivity contribution in [2.24, 2.45) is 0 Å². The number of benzene rings is 1. The van der Waals surface area contributed by atoms with Crippen molar-refractivity contribution in [1.82, 2.24) is 14.4 Å². The standard InChI is InChI=1S/C13H9ClFN3O/c1-19-13-12-17-7-11(18(12)5-4-16-13)9-3-2-8(15)6-10(9)14/h2-7H,1H3. The van der Waals surface area contributed by atoms with Crippen LogP contribution >= 0.6 is 11.6 Å². The average Bonchev–Trinajstić information content (AvgIpc) is 2.82. The van der Waals surface area contributed by atoms with Gasteiger partial charge in [0, 0.05) is 18.0 Å². The SMILES string of the molecule is COc1nccn2c(-c3ccc(F)cc3Cl)cnc12. The first-order chi connectivity index (χ1) is 9.20. The quantitative estimate of drug-likeness (QED) is 0.722. The third-order valence-corrected chi connectivity index (χ3v) is 3.11. The van der Waals surface area contributed by atoms with Crippen LogP contribution in [0.1, 0.15) is 0 Å². The van der Waals surface area contributed by atoms with Gasteiger partial charge in [-0.25, -0.2) is 14.4 Å². The summed E-state index contributed by atoms with van der Waals surface area (Å²) in [5, 5.41) is 0.331. The van der Waals surface area contributed by atoms with Crippen LogP contribution in [0.2, 0.25) is 5.02 Å². The van der Waals surface area contributed by atoms with Crippen molar-refractivity contribution in [3.05, 3.63) is 47.6 Å². The number of hydrogen-bond acceptors (Lipinski definition) is 3. The van der Waals surface area contributed by atoms with Crippen molar-refractivity contribution < 1.29 is 9.13 Å². The lowest BCUT2D eigenvalue weighted by Gasteiger charge is -2.05. The van der Waals surface area contributed by atoms with E-state index in [1.807, 2.05) is 0 Å². The van der Waals surface area contributed by atoms with Crippen molar-refractivity contribution in [1.29, 1.82) is 0 Å². The maximum atomic E-state index is 13.1. The van der Waals surface area contributed by atoms with Gasteiger partial charge < -0.3 is 4.74 Å². The molecule has 0 saturated carbocycles. The predicted octanol–water partition coefficient (Wildman–Crippen LogP) is 3.20. The molecular weight excluding hydrogens is 269 g/mol. The van der Waals surface area contributed by atoms with E-state index in [4.69, 9.17) is 16.3 Å². The molecule has 0 fully saturated rings. The molecule has 2 aromatic heterocycles. The number of aromatic nitrogens is 3. The second-order valence-corrected chi connectivity index (χ2v) is 4.30. The highest BCUT2D eigenvalue weighted by Crippen LogP contribution is 2.30. The largest absolute Gasteiger partial charge is 0.478 e. The molecule has 0 aliphatic heterocycles. The Bertz CT molecular complexity index is 757. The van der Waals surface area contributed by atoms with Crippen molar-refractivity contribution in [3.63, 3.8) is 0 Å². The fraction of sp³-hybridized carbons (Fsp3) is 0.0769. The van der Waals surface area contributed by atoms with Crippen LogP contribution in [0.15, 0.2) is 36.8 Å². The molecule has 19 heavy (non-hydrogen) atoms. The number of hydrogen-bond donors (Lipinski definition) is 0. The van der Waals surface area contributed by atoms with Gasteiger partial charge in [0.2, 0.25) is 5.65 Å². The molecular formula is C13H9ClFN3O. The van der Waals surface area contributed by atoms with E-state index in [9.17, 15) is 4.39 Å². The van der Waals surface area contributed by atoms with Crippen molar-refractivity contribution >= 4 is 17.2 Å². The highest BCUT2D eigenvalue weighted by molar-refractivity contribution is 6.33. The summed E-state index contributed by atoms with van der Waals surface area (Å²) in [6.07, 6.45) is 5.01. The molecule has 0 bridgehead atoms. The van der Waals surface area contributed by atoms with Crippen LogP contribution in [0.4, 0.5) is 4.39 Å². The van der Waals surface area contributed by atoms with E-state index in [1.165, 1.54) is 19.2 Å². The summed E-state index contributed by atoms with van der Waals surface area (Å²) in [4.78, 5) is 8.32. The minimum Gasteiger partial charge on any atom is -0.478 e. The highest BCUT2D eigenvalue weighted by Gasteiger charge is 2.13. The van der Waals surface area contributed by atoms with Crippen LogP contribution in [0.25, 0.3) is 16.9 Å². The number of imidazole rings is 1. The summed E-state index contributed by atoms with van der Waals surface area (Å²) >= 11 is 6.07. The van der Waals surface area contributed by atoms with Crippen LogP contribution < -0.4 is 4.74 Å². The zero-order valence-electron chi connectivity index (χ0n) is 9.97. The Morgan fingerprint density at radius 1 is 1.32 bits per heavy atom. The molecule has 0 N–H and O–H groups in total. The third kappa shape index (κ3) is 1.92. The van der Waals surface area contributed by atoms with Gasteiger partial charge in [-0.2, -0.15) is 0 Å². The number of halogens is 2. The maximum absolute atomic E-state index is 13.1. The van der Waals surface area contributed by atoms with Crippen LogP contribution in [-0.2, 0) is 0 Å². The molecule has 0 saturated heterocycles. The molecule has 3 rings (SSSR count). The summed E-state index contributed by atoms with van der Waals surface area (Å²) in [6.45, 7) is 0. The molecule has 0 atom stereocenters. The van der Waals surface area contributed by atoms with E-state index >= 15 is 0 Å². The van der Waals surface area contributed by atoms with Crippen LogP contribution in [0, 0.1) is 5.82 Å². The molecule has 96 valence electrons. The molecule has 0 radical (unpaired) electrons. The number of methoxy groups -OCH3 is 1. The van der Waals surface area contributed by atoms with Gasteiger partial charge in [-0.05, 0) is 18.2 Å². The van der Waals surface area contributed by atoms with Gasteiger partial charge in [-0.3, -0.25) is 4.40 Å². The van der Waals surface area contributed by atoms with Gasteiger partial charge in [0.05, 0.1) is 24.0 Å². The smallest absolute Gasteiger partial charge is 0.258 e. The summed E-state index contributed by atoms with van der Waals surface area (Å²) in [6, 6.07) is 4.25. The molecule has 1 aromatic carbocycles. The van der Waals surface area contributed by atoms with Gasteiger partial charge in [0.25, 0.3) is 5.88 Å². The zero-order valence-corrected chi connectivity index (χ0v) is 10.7. The number of fused-ring (bicyclic) bond motifs is 1. The Labute approximate surface area is 113 Å². The van der Waals surface area contributed by atoms with E-state index in [-0.39, 0.29) is 5.82 Å². The molecule has 0 aliphatic rings. The van der Waals surface area contributed by atoms with Crippen molar-refractivity contribution in [2.75, 3.05) is 7.11 Å². The first-order valence-electron chi connectivity index (χ1n) is 5.52. The minimum atomic E-state index is -0.373. The first kappa shape index (κ1) is 11.9. The fourth-order valence-corrected chi connectivity index (χ4v) is 2.20. The molecule has 3 aromatic rings. The van der Waals surface area contributed by atoms with Gasteiger partial charge in [-0.1, -0.05) is 11.6 Å². The van der Waals surface area contributed by atoms with Crippen LogP contribution in [0.3, 0.4) is 0 Å². The average molecular weight is 278 g/mol.